The molecule has 1 atom stereocenters. The number of hydrogen-bond acceptors (Lipinski definition) is 4. The summed E-state index contributed by atoms with van der Waals surface area (Å²) >= 11 is 6.01. The van der Waals surface area contributed by atoms with Gasteiger partial charge in [0, 0.05) is 30.1 Å². The lowest BCUT2D eigenvalue weighted by Gasteiger charge is -2.34. The minimum Gasteiger partial charge on any atom is -0.355 e. The van der Waals surface area contributed by atoms with Crippen LogP contribution in [0.3, 0.4) is 0 Å². The highest BCUT2D eigenvalue weighted by Crippen LogP contribution is 2.27. The summed E-state index contributed by atoms with van der Waals surface area (Å²) in [6.07, 6.45) is 0.140. The molecule has 0 aliphatic carbocycles. The third-order valence-electron chi connectivity index (χ3n) is 6.89. The molecule has 0 spiro atoms. The van der Waals surface area contributed by atoms with Crippen LogP contribution < -0.4 is 9.62 Å². The van der Waals surface area contributed by atoms with Crippen LogP contribution in [0.4, 0.5) is 10.1 Å². The molecule has 2 amide bonds. The average molecular weight is 622 g/mol. The molecular weight excluding hydrogens is 589 g/mol. The van der Waals surface area contributed by atoms with Crippen LogP contribution in [0.5, 0.6) is 0 Å². The first kappa shape index (κ1) is 31.7. The van der Waals surface area contributed by atoms with Crippen LogP contribution in [-0.2, 0) is 32.6 Å². The minimum absolute atomic E-state index is 0.0589. The van der Waals surface area contributed by atoms with Crippen LogP contribution in [0.1, 0.15) is 23.6 Å². The molecule has 1 N–H and O–H groups in total. The summed E-state index contributed by atoms with van der Waals surface area (Å²) < 4.78 is 43.9. The summed E-state index contributed by atoms with van der Waals surface area (Å²) in [5, 5.41) is 3.14. The van der Waals surface area contributed by atoms with E-state index in [4.69, 9.17) is 11.6 Å². The van der Waals surface area contributed by atoms with E-state index in [1.54, 1.807) is 31.2 Å². The van der Waals surface area contributed by atoms with Gasteiger partial charge in [0.25, 0.3) is 10.0 Å². The van der Waals surface area contributed by atoms with E-state index < -0.39 is 40.2 Å². The lowest BCUT2D eigenvalue weighted by Crippen LogP contribution is -2.53. The highest BCUT2D eigenvalue weighted by molar-refractivity contribution is 7.92. The van der Waals surface area contributed by atoms with Gasteiger partial charge in [-0.3, -0.25) is 13.9 Å². The number of hydrogen-bond donors (Lipinski definition) is 1. The molecule has 4 rings (SSSR count). The highest BCUT2D eigenvalue weighted by Gasteiger charge is 2.34. The van der Waals surface area contributed by atoms with Crippen molar-refractivity contribution in [1.29, 1.82) is 0 Å². The number of likely N-dealkylation sites (N-methyl/N-ethyl adjacent to an activating group) is 1. The standard InChI is InChI=1S/C33H33ClFN3O4S/c1-3-36-33(40)31(21-25-11-5-4-6-12-25)37(22-26-13-7-8-15-30(26)35)32(39)23-38(28-14-9-10-24(2)20-28)43(41,42)29-18-16-27(34)17-19-29/h4-20,31H,3,21-23H2,1-2H3,(H,36,40)/t31-/m0/s1. The highest BCUT2D eigenvalue weighted by atomic mass is 35.5. The first-order valence-corrected chi connectivity index (χ1v) is 15.6. The molecule has 0 saturated carbocycles. The van der Waals surface area contributed by atoms with Crippen LogP contribution in [-0.4, -0.2) is 44.3 Å². The van der Waals surface area contributed by atoms with Crippen molar-refractivity contribution in [2.45, 2.75) is 37.8 Å². The van der Waals surface area contributed by atoms with Crippen molar-refractivity contribution in [3.8, 4) is 0 Å². The zero-order valence-corrected chi connectivity index (χ0v) is 25.5. The van der Waals surface area contributed by atoms with Gasteiger partial charge >= 0.3 is 0 Å². The molecule has 7 nitrogen and oxygen atoms in total. The summed E-state index contributed by atoms with van der Waals surface area (Å²) in [4.78, 5) is 29.0. The largest absolute Gasteiger partial charge is 0.355 e. The first-order chi connectivity index (χ1) is 20.6. The number of nitrogens with one attached hydrogen (secondary N) is 1. The van der Waals surface area contributed by atoms with Crippen LogP contribution >= 0.6 is 11.6 Å². The van der Waals surface area contributed by atoms with Crippen LogP contribution in [0.2, 0.25) is 5.02 Å². The maximum absolute atomic E-state index is 14.9. The Kier molecular flexibility index (Phi) is 10.6. The number of nitrogens with zero attached hydrogens (tertiary/aromatic N) is 2. The number of rotatable bonds is 12. The van der Waals surface area contributed by atoms with Crippen molar-refractivity contribution in [3.05, 3.63) is 131 Å². The van der Waals surface area contributed by atoms with Gasteiger partial charge in [0.1, 0.15) is 18.4 Å². The van der Waals surface area contributed by atoms with Gasteiger partial charge in [-0.1, -0.05) is 72.3 Å². The predicted octanol–water partition coefficient (Wildman–Crippen LogP) is 5.76. The van der Waals surface area contributed by atoms with Crippen molar-refractivity contribution in [2.24, 2.45) is 0 Å². The first-order valence-electron chi connectivity index (χ1n) is 13.8. The lowest BCUT2D eigenvalue weighted by atomic mass is 10.0. The monoisotopic (exact) mass is 621 g/mol. The fraction of sp³-hybridized carbons (Fsp3) is 0.212. The molecule has 0 bridgehead atoms. The Morgan fingerprint density at radius 1 is 0.907 bits per heavy atom. The molecule has 4 aromatic rings. The van der Waals surface area contributed by atoms with Crippen molar-refractivity contribution in [1.82, 2.24) is 10.2 Å². The number of benzene rings is 4. The second kappa shape index (κ2) is 14.3. The number of carbonyl (C=O) groups excluding carboxylic acids is 2. The molecule has 43 heavy (non-hydrogen) atoms. The molecule has 0 aromatic heterocycles. The van der Waals surface area contributed by atoms with Crippen molar-refractivity contribution < 1.29 is 22.4 Å². The maximum atomic E-state index is 14.9. The van der Waals surface area contributed by atoms with E-state index in [0.717, 1.165) is 15.4 Å². The third-order valence-corrected chi connectivity index (χ3v) is 8.93. The lowest BCUT2D eigenvalue weighted by molar-refractivity contribution is -0.140. The van der Waals surface area contributed by atoms with Gasteiger partial charge in [0.2, 0.25) is 11.8 Å². The minimum atomic E-state index is -4.26. The quantitative estimate of drug-likeness (QED) is 0.218. The smallest absolute Gasteiger partial charge is 0.264 e. The maximum Gasteiger partial charge on any atom is 0.264 e. The predicted molar refractivity (Wildman–Crippen MR) is 167 cm³/mol. The van der Waals surface area contributed by atoms with Gasteiger partial charge in [-0.25, -0.2) is 12.8 Å². The molecule has 0 heterocycles. The van der Waals surface area contributed by atoms with Crippen LogP contribution in [0, 0.1) is 12.7 Å². The number of halogens is 2. The molecule has 0 unspecified atom stereocenters. The summed E-state index contributed by atoms with van der Waals surface area (Å²) in [7, 11) is -4.26. The summed E-state index contributed by atoms with van der Waals surface area (Å²) in [6, 6.07) is 26.5. The van der Waals surface area contributed by atoms with Crippen LogP contribution in [0.25, 0.3) is 0 Å². The molecule has 0 fully saturated rings. The fourth-order valence-electron chi connectivity index (χ4n) is 4.70. The fourth-order valence-corrected chi connectivity index (χ4v) is 6.23. The second-order valence-corrected chi connectivity index (χ2v) is 12.3. The Morgan fingerprint density at radius 3 is 2.23 bits per heavy atom. The van der Waals surface area contributed by atoms with E-state index in [0.29, 0.717) is 11.6 Å². The summed E-state index contributed by atoms with van der Waals surface area (Å²) in [6.45, 7) is 3.01. The van der Waals surface area contributed by atoms with Gasteiger partial charge in [-0.05, 0) is 67.4 Å². The average Bonchev–Trinajstić information content (AvgIpc) is 2.99. The Labute approximate surface area is 257 Å². The Morgan fingerprint density at radius 2 is 1.58 bits per heavy atom. The zero-order valence-electron chi connectivity index (χ0n) is 23.9. The van der Waals surface area contributed by atoms with Gasteiger partial charge in [0.05, 0.1) is 10.6 Å². The topological polar surface area (TPSA) is 86.8 Å². The number of amides is 2. The summed E-state index contributed by atoms with van der Waals surface area (Å²) in [5.41, 5.74) is 2.04. The summed E-state index contributed by atoms with van der Waals surface area (Å²) in [5.74, 6) is -1.65. The molecular formula is C33H33ClFN3O4S. The molecule has 224 valence electrons. The van der Waals surface area contributed by atoms with E-state index in [1.807, 2.05) is 43.3 Å². The Hall–Kier alpha value is -4.21. The molecule has 4 aromatic carbocycles. The molecule has 0 saturated heterocycles. The zero-order chi connectivity index (χ0) is 31.0. The molecule has 0 aliphatic heterocycles. The Bertz CT molecular complexity index is 1670. The molecule has 10 heteroatoms. The number of anilines is 1. The number of carbonyl (C=O) groups is 2. The van der Waals surface area contributed by atoms with E-state index in [9.17, 15) is 22.4 Å². The Balaban J connectivity index is 1.80. The van der Waals surface area contributed by atoms with Gasteiger partial charge in [0.15, 0.2) is 0 Å². The van der Waals surface area contributed by atoms with Crippen molar-refractivity contribution in [3.63, 3.8) is 0 Å². The van der Waals surface area contributed by atoms with Gasteiger partial charge in [-0.2, -0.15) is 0 Å². The third kappa shape index (κ3) is 8.00. The van der Waals surface area contributed by atoms with E-state index >= 15 is 0 Å². The van der Waals surface area contributed by atoms with Crippen molar-refractivity contribution >= 4 is 39.1 Å². The van der Waals surface area contributed by atoms with E-state index in [2.05, 4.69) is 5.32 Å². The normalized spacial score (nSPS) is 11.9. The number of aryl methyl sites for hydroxylation is 1. The SMILES string of the molecule is CCNC(=O)[C@H](Cc1ccccc1)N(Cc1ccccc1F)C(=O)CN(c1cccc(C)c1)S(=O)(=O)c1ccc(Cl)cc1. The van der Waals surface area contributed by atoms with Crippen LogP contribution in [0.15, 0.2) is 108 Å². The molecule has 0 radical (unpaired) electrons. The number of sulfonamides is 1. The van der Waals surface area contributed by atoms with Gasteiger partial charge < -0.3 is 10.2 Å². The second-order valence-electron chi connectivity index (χ2n) is 10.0. The molecule has 0 aliphatic rings. The van der Waals surface area contributed by atoms with E-state index in [1.165, 1.54) is 47.4 Å². The van der Waals surface area contributed by atoms with Gasteiger partial charge in [-0.15, -0.1) is 0 Å². The van der Waals surface area contributed by atoms with E-state index in [-0.39, 0.29) is 29.1 Å². The van der Waals surface area contributed by atoms with Crippen molar-refractivity contribution in [2.75, 3.05) is 17.4 Å².